The van der Waals surface area contributed by atoms with Gasteiger partial charge >= 0.3 is 0 Å². The number of amides is 1. The molecule has 0 radical (unpaired) electrons. The maximum absolute atomic E-state index is 12.4. The Balaban J connectivity index is 1.81. The van der Waals surface area contributed by atoms with E-state index < -0.39 is 0 Å². The van der Waals surface area contributed by atoms with Gasteiger partial charge in [-0.1, -0.05) is 17.2 Å². The number of benzene rings is 2. The molecule has 0 bridgehead atoms. The zero-order chi connectivity index (χ0) is 14.8. The average molecular weight is 280 g/mol. The first-order chi connectivity index (χ1) is 10.1. The Labute approximate surface area is 125 Å². The number of hydrogen-bond donors (Lipinski definition) is 2. The van der Waals surface area contributed by atoms with Crippen molar-refractivity contribution in [3.05, 3.63) is 58.7 Å². The maximum Gasteiger partial charge on any atom is 0.255 e. The highest BCUT2D eigenvalue weighted by molar-refractivity contribution is 6.04. The first-order valence-corrected chi connectivity index (χ1v) is 7.38. The van der Waals surface area contributed by atoms with Gasteiger partial charge in [0, 0.05) is 23.5 Å². The van der Waals surface area contributed by atoms with E-state index in [0.717, 1.165) is 36.2 Å². The Morgan fingerprint density at radius 3 is 2.62 bits per heavy atom. The average Bonchev–Trinajstić information content (AvgIpc) is 2.46. The molecule has 1 aliphatic heterocycles. The van der Waals surface area contributed by atoms with Crippen LogP contribution in [0.3, 0.4) is 0 Å². The number of anilines is 2. The van der Waals surface area contributed by atoms with E-state index in [4.69, 9.17) is 0 Å². The lowest BCUT2D eigenvalue weighted by Gasteiger charge is -2.18. The molecule has 1 amide bonds. The zero-order valence-corrected chi connectivity index (χ0v) is 12.5. The number of carbonyl (C=O) groups excluding carboxylic acids is 1. The number of fused-ring (bicyclic) bond motifs is 1. The number of carbonyl (C=O) groups is 1. The summed E-state index contributed by atoms with van der Waals surface area (Å²) in [6.45, 7) is 5.05. The fourth-order valence-electron chi connectivity index (χ4n) is 2.86. The van der Waals surface area contributed by atoms with E-state index in [1.807, 2.05) is 38.1 Å². The molecule has 2 aromatic carbocycles. The molecule has 0 aliphatic carbocycles. The van der Waals surface area contributed by atoms with Crippen LogP contribution in [-0.4, -0.2) is 12.5 Å². The van der Waals surface area contributed by atoms with Gasteiger partial charge in [0.2, 0.25) is 0 Å². The first-order valence-electron chi connectivity index (χ1n) is 7.38. The molecule has 0 atom stereocenters. The largest absolute Gasteiger partial charge is 0.385 e. The predicted octanol–water partition coefficient (Wildman–Crippen LogP) is 3.91. The number of nitrogens with one attached hydrogen (secondary N) is 2. The summed E-state index contributed by atoms with van der Waals surface area (Å²) in [5.41, 5.74) is 6.25. The van der Waals surface area contributed by atoms with Crippen LogP contribution < -0.4 is 10.6 Å². The van der Waals surface area contributed by atoms with Gasteiger partial charge in [0.1, 0.15) is 0 Å². The fourth-order valence-corrected chi connectivity index (χ4v) is 2.86. The minimum Gasteiger partial charge on any atom is -0.385 e. The van der Waals surface area contributed by atoms with Crippen molar-refractivity contribution in [2.75, 3.05) is 17.2 Å². The highest BCUT2D eigenvalue weighted by Gasteiger charge is 2.11. The fraction of sp³-hybridized carbons (Fsp3) is 0.278. The molecule has 3 heteroatoms. The van der Waals surface area contributed by atoms with Crippen molar-refractivity contribution >= 4 is 17.3 Å². The molecule has 0 aromatic heterocycles. The van der Waals surface area contributed by atoms with Crippen LogP contribution in [0.25, 0.3) is 0 Å². The van der Waals surface area contributed by atoms with Gasteiger partial charge in [-0.15, -0.1) is 0 Å². The molecule has 108 valence electrons. The summed E-state index contributed by atoms with van der Waals surface area (Å²) >= 11 is 0. The van der Waals surface area contributed by atoms with Crippen molar-refractivity contribution in [2.45, 2.75) is 26.7 Å². The summed E-state index contributed by atoms with van der Waals surface area (Å²) in [5, 5.41) is 6.37. The molecule has 3 nitrogen and oxygen atoms in total. The van der Waals surface area contributed by atoms with Crippen LogP contribution in [-0.2, 0) is 6.42 Å². The summed E-state index contributed by atoms with van der Waals surface area (Å²) in [5.74, 6) is -0.0504. The second-order valence-corrected chi connectivity index (χ2v) is 5.73. The van der Waals surface area contributed by atoms with E-state index in [1.165, 1.54) is 11.3 Å². The molecule has 0 saturated carbocycles. The van der Waals surface area contributed by atoms with Crippen molar-refractivity contribution < 1.29 is 4.79 Å². The van der Waals surface area contributed by atoms with E-state index in [9.17, 15) is 4.79 Å². The van der Waals surface area contributed by atoms with Crippen LogP contribution >= 0.6 is 0 Å². The lowest BCUT2D eigenvalue weighted by molar-refractivity contribution is 0.102. The van der Waals surface area contributed by atoms with Gasteiger partial charge in [0.15, 0.2) is 0 Å². The molecular weight excluding hydrogens is 260 g/mol. The normalized spacial score (nSPS) is 13.2. The zero-order valence-electron chi connectivity index (χ0n) is 12.5. The number of rotatable bonds is 2. The van der Waals surface area contributed by atoms with Crippen molar-refractivity contribution in [1.82, 2.24) is 0 Å². The molecule has 0 fully saturated rings. The number of aryl methyl sites for hydroxylation is 3. The second-order valence-electron chi connectivity index (χ2n) is 5.73. The Hall–Kier alpha value is -2.29. The Morgan fingerprint density at radius 1 is 1.10 bits per heavy atom. The van der Waals surface area contributed by atoms with Crippen molar-refractivity contribution in [1.29, 1.82) is 0 Å². The van der Waals surface area contributed by atoms with E-state index in [0.29, 0.717) is 5.56 Å². The molecule has 0 unspecified atom stereocenters. The predicted molar refractivity (Wildman–Crippen MR) is 87.1 cm³/mol. The highest BCUT2D eigenvalue weighted by atomic mass is 16.1. The lowest BCUT2D eigenvalue weighted by Crippen LogP contribution is -2.15. The van der Waals surface area contributed by atoms with Gasteiger partial charge < -0.3 is 10.6 Å². The minimum absolute atomic E-state index is 0.0504. The molecule has 2 N–H and O–H groups in total. The monoisotopic (exact) mass is 280 g/mol. The van der Waals surface area contributed by atoms with Crippen LogP contribution in [0.4, 0.5) is 11.4 Å². The standard InChI is InChI=1S/C18H20N2O/c1-12-8-13(2)10-15(9-12)18(21)20-16-5-6-17-14(11-16)4-3-7-19-17/h5-6,8-11,19H,3-4,7H2,1-2H3,(H,20,21). The third-order valence-corrected chi connectivity index (χ3v) is 3.79. The van der Waals surface area contributed by atoms with Crippen LogP contribution in [0.5, 0.6) is 0 Å². The summed E-state index contributed by atoms with van der Waals surface area (Å²) in [6, 6.07) is 12.0. The van der Waals surface area contributed by atoms with E-state index in [1.54, 1.807) is 0 Å². The van der Waals surface area contributed by atoms with Gasteiger partial charge in [-0.3, -0.25) is 4.79 Å². The molecular formula is C18H20N2O. The van der Waals surface area contributed by atoms with Crippen molar-refractivity contribution in [2.24, 2.45) is 0 Å². The van der Waals surface area contributed by atoms with Crippen molar-refractivity contribution in [3.8, 4) is 0 Å². The van der Waals surface area contributed by atoms with Crippen LogP contribution in [0, 0.1) is 13.8 Å². The van der Waals surface area contributed by atoms with Gasteiger partial charge in [0.05, 0.1) is 0 Å². The van der Waals surface area contributed by atoms with E-state index in [2.05, 4.69) is 22.8 Å². The lowest BCUT2D eigenvalue weighted by atomic mass is 10.0. The molecule has 21 heavy (non-hydrogen) atoms. The van der Waals surface area contributed by atoms with Gasteiger partial charge in [-0.2, -0.15) is 0 Å². The Morgan fingerprint density at radius 2 is 1.86 bits per heavy atom. The third kappa shape index (κ3) is 3.07. The molecule has 0 saturated heterocycles. The first kappa shape index (κ1) is 13.7. The highest BCUT2D eigenvalue weighted by Crippen LogP contribution is 2.25. The summed E-state index contributed by atoms with van der Waals surface area (Å²) in [4.78, 5) is 12.4. The van der Waals surface area contributed by atoms with Gasteiger partial charge in [-0.25, -0.2) is 0 Å². The molecule has 3 rings (SSSR count). The number of hydrogen-bond acceptors (Lipinski definition) is 2. The van der Waals surface area contributed by atoms with Crippen LogP contribution in [0.15, 0.2) is 36.4 Å². The molecule has 2 aromatic rings. The Kier molecular flexibility index (Phi) is 3.65. The van der Waals surface area contributed by atoms with Crippen LogP contribution in [0.2, 0.25) is 0 Å². The summed E-state index contributed by atoms with van der Waals surface area (Å²) in [6.07, 6.45) is 2.21. The second kappa shape index (κ2) is 5.60. The van der Waals surface area contributed by atoms with E-state index in [-0.39, 0.29) is 5.91 Å². The summed E-state index contributed by atoms with van der Waals surface area (Å²) in [7, 11) is 0. The topological polar surface area (TPSA) is 41.1 Å². The quantitative estimate of drug-likeness (QED) is 0.875. The minimum atomic E-state index is -0.0504. The maximum atomic E-state index is 12.4. The SMILES string of the molecule is Cc1cc(C)cc(C(=O)Nc2ccc3c(c2)CCCN3)c1. The van der Waals surface area contributed by atoms with Gasteiger partial charge in [0.25, 0.3) is 5.91 Å². The Bertz CT molecular complexity index is 671. The third-order valence-electron chi connectivity index (χ3n) is 3.79. The smallest absolute Gasteiger partial charge is 0.255 e. The molecule has 0 spiro atoms. The molecule has 1 aliphatic rings. The van der Waals surface area contributed by atoms with Crippen molar-refractivity contribution in [3.63, 3.8) is 0 Å². The van der Waals surface area contributed by atoms with Gasteiger partial charge in [-0.05, 0) is 62.6 Å². The molecule has 1 heterocycles. The van der Waals surface area contributed by atoms with Crippen LogP contribution in [0.1, 0.15) is 33.5 Å². The summed E-state index contributed by atoms with van der Waals surface area (Å²) < 4.78 is 0. The van der Waals surface area contributed by atoms with E-state index >= 15 is 0 Å².